The minimum absolute atomic E-state index is 0.0452. The van der Waals surface area contributed by atoms with Crippen molar-refractivity contribution in [1.29, 1.82) is 0 Å². The highest BCUT2D eigenvalue weighted by Gasteiger charge is 2.13. The highest BCUT2D eigenvalue weighted by atomic mass is 16.5. The van der Waals surface area contributed by atoms with E-state index >= 15 is 0 Å². The Bertz CT molecular complexity index is 378. The number of aromatic nitrogens is 3. The van der Waals surface area contributed by atoms with E-state index in [2.05, 4.69) is 10.3 Å². The van der Waals surface area contributed by atoms with Crippen LogP contribution in [-0.4, -0.2) is 45.9 Å². The van der Waals surface area contributed by atoms with Gasteiger partial charge in [0.2, 0.25) is 0 Å². The molecule has 0 bridgehead atoms. The molecular weight excluding hydrogens is 238 g/mol. The third-order valence-electron chi connectivity index (χ3n) is 2.17. The van der Waals surface area contributed by atoms with Gasteiger partial charge in [0.1, 0.15) is 18.4 Å². The maximum absolute atomic E-state index is 11.2. The fraction of sp³-hybridized carbons (Fsp3) is 0.727. The van der Waals surface area contributed by atoms with E-state index in [4.69, 9.17) is 9.47 Å². The Balaban J connectivity index is 2.34. The molecule has 7 nitrogen and oxygen atoms in total. The zero-order valence-corrected chi connectivity index (χ0v) is 10.9. The van der Waals surface area contributed by atoms with Crippen molar-refractivity contribution in [2.45, 2.75) is 33.1 Å². The first-order valence-corrected chi connectivity index (χ1v) is 5.75. The molecule has 0 radical (unpaired) electrons. The standard InChI is InChI=1S/C11H19N3O4/c1-8(2)11(16)18-7-10(15)5-14-4-9(6-17-3)12-13-14/h4,8,10,15H,5-7H2,1-3H3. The van der Waals surface area contributed by atoms with Crippen LogP contribution in [0.2, 0.25) is 0 Å². The van der Waals surface area contributed by atoms with E-state index in [0.29, 0.717) is 12.3 Å². The minimum atomic E-state index is -0.801. The van der Waals surface area contributed by atoms with Crippen LogP contribution in [0.5, 0.6) is 0 Å². The Hall–Kier alpha value is -1.47. The van der Waals surface area contributed by atoms with Gasteiger partial charge in [0.25, 0.3) is 0 Å². The third kappa shape index (κ3) is 4.80. The van der Waals surface area contributed by atoms with Gasteiger partial charge in [0, 0.05) is 7.11 Å². The van der Waals surface area contributed by atoms with Crippen LogP contribution in [0.1, 0.15) is 19.5 Å². The molecule has 1 N–H and O–H groups in total. The lowest BCUT2D eigenvalue weighted by molar-refractivity contribution is -0.150. The molecule has 102 valence electrons. The molecule has 7 heteroatoms. The molecule has 0 saturated heterocycles. The largest absolute Gasteiger partial charge is 0.463 e. The van der Waals surface area contributed by atoms with Gasteiger partial charge >= 0.3 is 5.97 Å². The van der Waals surface area contributed by atoms with Crippen molar-refractivity contribution in [3.63, 3.8) is 0 Å². The highest BCUT2D eigenvalue weighted by molar-refractivity contribution is 5.71. The van der Waals surface area contributed by atoms with E-state index in [-0.39, 0.29) is 25.0 Å². The SMILES string of the molecule is COCc1cn(CC(O)COC(=O)C(C)C)nn1. The Morgan fingerprint density at radius 3 is 2.89 bits per heavy atom. The van der Waals surface area contributed by atoms with Crippen molar-refractivity contribution < 1.29 is 19.4 Å². The van der Waals surface area contributed by atoms with E-state index in [0.717, 1.165) is 0 Å². The molecule has 0 aliphatic carbocycles. The molecule has 0 aliphatic heterocycles. The average molecular weight is 257 g/mol. The van der Waals surface area contributed by atoms with Gasteiger partial charge in [0.05, 0.1) is 25.3 Å². The topological polar surface area (TPSA) is 86.5 Å². The molecule has 0 spiro atoms. The van der Waals surface area contributed by atoms with Crippen LogP contribution in [0.15, 0.2) is 6.20 Å². The van der Waals surface area contributed by atoms with Gasteiger partial charge in [-0.25, -0.2) is 4.68 Å². The number of carbonyl (C=O) groups excluding carboxylic acids is 1. The lowest BCUT2D eigenvalue weighted by Crippen LogP contribution is -2.25. The predicted octanol–water partition coefficient (Wildman–Crippen LogP) is -0.0154. The quantitative estimate of drug-likeness (QED) is 0.691. The van der Waals surface area contributed by atoms with Gasteiger partial charge in [-0.1, -0.05) is 19.1 Å². The summed E-state index contributed by atoms with van der Waals surface area (Å²) in [5.41, 5.74) is 0.684. The lowest BCUT2D eigenvalue weighted by Gasteiger charge is -2.12. The predicted molar refractivity (Wildman–Crippen MR) is 62.5 cm³/mol. The third-order valence-corrected chi connectivity index (χ3v) is 2.17. The molecule has 0 amide bonds. The molecule has 1 heterocycles. The molecule has 1 aromatic rings. The van der Waals surface area contributed by atoms with Crippen molar-refractivity contribution in [1.82, 2.24) is 15.0 Å². The number of hydrogen-bond donors (Lipinski definition) is 1. The highest BCUT2D eigenvalue weighted by Crippen LogP contribution is 2.00. The van der Waals surface area contributed by atoms with Crippen molar-refractivity contribution >= 4 is 5.97 Å². The first-order valence-electron chi connectivity index (χ1n) is 5.75. The summed E-state index contributed by atoms with van der Waals surface area (Å²) in [5.74, 6) is -0.524. The Labute approximate surface area is 106 Å². The molecule has 1 unspecified atom stereocenters. The Kier molecular flexibility index (Phi) is 5.73. The van der Waals surface area contributed by atoms with Crippen LogP contribution in [0, 0.1) is 5.92 Å². The van der Waals surface area contributed by atoms with Crippen LogP contribution in [0.3, 0.4) is 0 Å². The van der Waals surface area contributed by atoms with Crippen LogP contribution >= 0.6 is 0 Å². The maximum atomic E-state index is 11.2. The Morgan fingerprint density at radius 2 is 2.28 bits per heavy atom. The summed E-state index contributed by atoms with van der Waals surface area (Å²) in [5, 5.41) is 17.4. The second-order valence-corrected chi connectivity index (χ2v) is 4.30. The van der Waals surface area contributed by atoms with Crippen LogP contribution in [-0.2, 0) is 27.4 Å². The lowest BCUT2D eigenvalue weighted by atomic mass is 10.2. The smallest absolute Gasteiger partial charge is 0.308 e. The minimum Gasteiger partial charge on any atom is -0.463 e. The van der Waals surface area contributed by atoms with Gasteiger partial charge in [-0.15, -0.1) is 5.10 Å². The number of aliphatic hydroxyl groups excluding tert-OH is 1. The normalized spacial score (nSPS) is 12.7. The van der Waals surface area contributed by atoms with Crippen LogP contribution in [0.25, 0.3) is 0 Å². The van der Waals surface area contributed by atoms with E-state index in [1.807, 2.05) is 0 Å². The number of nitrogens with zero attached hydrogens (tertiary/aromatic N) is 3. The zero-order chi connectivity index (χ0) is 13.5. The average Bonchev–Trinajstić information content (AvgIpc) is 2.73. The maximum Gasteiger partial charge on any atom is 0.308 e. The zero-order valence-electron chi connectivity index (χ0n) is 10.9. The first kappa shape index (κ1) is 14.6. The van der Waals surface area contributed by atoms with Crippen molar-refractivity contribution in [3.05, 3.63) is 11.9 Å². The number of methoxy groups -OCH3 is 1. The molecule has 1 aromatic heterocycles. The van der Waals surface area contributed by atoms with E-state index in [1.165, 1.54) is 4.68 Å². The molecule has 1 rings (SSSR count). The van der Waals surface area contributed by atoms with Gasteiger partial charge in [0.15, 0.2) is 0 Å². The van der Waals surface area contributed by atoms with Crippen LogP contribution < -0.4 is 0 Å². The van der Waals surface area contributed by atoms with Gasteiger partial charge in [-0.3, -0.25) is 4.79 Å². The molecule has 1 atom stereocenters. The van der Waals surface area contributed by atoms with Crippen LogP contribution in [0.4, 0.5) is 0 Å². The number of carbonyl (C=O) groups is 1. The number of ether oxygens (including phenoxy) is 2. The molecule has 0 aromatic carbocycles. The number of esters is 1. The van der Waals surface area contributed by atoms with Crippen molar-refractivity contribution in [3.8, 4) is 0 Å². The molecule has 0 fully saturated rings. The second kappa shape index (κ2) is 7.07. The summed E-state index contributed by atoms with van der Waals surface area (Å²) in [6.07, 6.45) is 0.876. The summed E-state index contributed by atoms with van der Waals surface area (Å²) in [7, 11) is 1.57. The van der Waals surface area contributed by atoms with Crippen molar-refractivity contribution in [2.75, 3.05) is 13.7 Å². The summed E-state index contributed by atoms with van der Waals surface area (Å²) in [6.45, 7) is 4.03. The van der Waals surface area contributed by atoms with E-state index < -0.39 is 6.10 Å². The molecule has 18 heavy (non-hydrogen) atoms. The van der Waals surface area contributed by atoms with Gasteiger partial charge < -0.3 is 14.6 Å². The van der Waals surface area contributed by atoms with E-state index in [1.54, 1.807) is 27.2 Å². The monoisotopic (exact) mass is 257 g/mol. The number of rotatable bonds is 7. The van der Waals surface area contributed by atoms with Gasteiger partial charge in [-0.2, -0.15) is 0 Å². The first-order chi connectivity index (χ1) is 8.52. The number of hydrogen-bond acceptors (Lipinski definition) is 6. The number of aliphatic hydroxyl groups is 1. The molecule has 0 aliphatic rings. The Morgan fingerprint density at radius 1 is 1.56 bits per heavy atom. The molecular formula is C11H19N3O4. The summed E-state index contributed by atoms with van der Waals surface area (Å²) < 4.78 is 11.3. The summed E-state index contributed by atoms with van der Waals surface area (Å²) in [6, 6.07) is 0. The van der Waals surface area contributed by atoms with Crippen molar-refractivity contribution in [2.24, 2.45) is 5.92 Å². The van der Waals surface area contributed by atoms with Gasteiger partial charge in [-0.05, 0) is 0 Å². The fourth-order valence-electron chi connectivity index (χ4n) is 1.26. The van der Waals surface area contributed by atoms with E-state index in [9.17, 15) is 9.90 Å². The summed E-state index contributed by atoms with van der Waals surface area (Å²) in [4.78, 5) is 11.2. The fourth-order valence-corrected chi connectivity index (χ4v) is 1.26. The summed E-state index contributed by atoms with van der Waals surface area (Å²) >= 11 is 0. The molecule has 0 saturated carbocycles. The second-order valence-electron chi connectivity index (χ2n) is 4.30.